The van der Waals surface area contributed by atoms with Crippen molar-refractivity contribution in [3.8, 4) is 5.75 Å². The molecule has 3 aromatic rings. The molecule has 1 amide bonds. The second kappa shape index (κ2) is 11.3. The van der Waals surface area contributed by atoms with E-state index in [0.717, 1.165) is 19.9 Å². The number of para-hydroxylation sites is 1. The Labute approximate surface area is 206 Å². The summed E-state index contributed by atoms with van der Waals surface area (Å²) in [5.41, 5.74) is 1.93. The van der Waals surface area contributed by atoms with Crippen molar-refractivity contribution < 1.29 is 22.3 Å². The van der Waals surface area contributed by atoms with Crippen molar-refractivity contribution in [2.24, 2.45) is 0 Å². The van der Waals surface area contributed by atoms with Crippen LogP contribution in [0, 0.1) is 5.82 Å². The summed E-state index contributed by atoms with van der Waals surface area (Å²) >= 11 is 0. The normalized spacial score (nSPS) is 12.3. The molecule has 0 saturated heterocycles. The first-order valence-corrected chi connectivity index (χ1v) is 12.6. The van der Waals surface area contributed by atoms with Gasteiger partial charge in [-0.15, -0.1) is 0 Å². The maximum Gasteiger partial charge on any atom is 0.303 e. The third-order valence-corrected chi connectivity index (χ3v) is 7.25. The number of nitrogens with zero attached hydrogens (tertiary/aromatic N) is 2. The van der Waals surface area contributed by atoms with Crippen molar-refractivity contribution in [1.82, 2.24) is 9.62 Å². The largest absolute Gasteiger partial charge is 0.494 e. The molecule has 1 unspecified atom stereocenters. The third-order valence-electron chi connectivity index (χ3n) is 5.44. The first-order valence-electron chi connectivity index (χ1n) is 11.2. The van der Waals surface area contributed by atoms with Crippen molar-refractivity contribution >= 4 is 21.8 Å². The van der Waals surface area contributed by atoms with Crippen molar-refractivity contribution in [2.75, 3.05) is 25.0 Å². The summed E-state index contributed by atoms with van der Waals surface area (Å²) in [7, 11) is -1.17. The Bertz CT molecular complexity index is 1250. The van der Waals surface area contributed by atoms with E-state index in [1.54, 1.807) is 30.3 Å². The Morgan fingerprint density at radius 3 is 2.20 bits per heavy atom. The van der Waals surface area contributed by atoms with Crippen molar-refractivity contribution in [3.63, 3.8) is 0 Å². The predicted molar refractivity (Wildman–Crippen MR) is 135 cm³/mol. The number of ether oxygens (including phenoxy) is 1. The molecule has 0 heterocycles. The highest BCUT2D eigenvalue weighted by Gasteiger charge is 2.27. The minimum absolute atomic E-state index is 0.0489. The van der Waals surface area contributed by atoms with Crippen LogP contribution in [0.1, 0.15) is 41.4 Å². The van der Waals surface area contributed by atoms with Gasteiger partial charge in [-0.25, -0.2) is 4.39 Å². The molecule has 186 valence electrons. The van der Waals surface area contributed by atoms with Gasteiger partial charge in [-0.05, 0) is 61.4 Å². The summed E-state index contributed by atoms with van der Waals surface area (Å²) in [6.07, 6.45) is 0. The number of hydrogen-bond donors (Lipinski definition) is 1. The van der Waals surface area contributed by atoms with Gasteiger partial charge in [0, 0.05) is 19.7 Å². The van der Waals surface area contributed by atoms with E-state index in [1.165, 1.54) is 32.3 Å². The topological polar surface area (TPSA) is 79.0 Å². The SMILES string of the molecule is CCOc1ccc(C(C)NC(=O)c2ccc(CN(c3ccccc3F)S(=O)(=O)N(C)C)cc2)cc1. The van der Waals surface area contributed by atoms with E-state index >= 15 is 0 Å². The Hall–Kier alpha value is -3.43. The zero-order chi connectivity index (χ0) is 25.6. The molecular weight excluding hydrogens is 469 g/mol. The molecule has 0 spiro atoms. The highest BCUT2D eigenvalue weighted by Crippen LogP contribution is 2.25. The Balaban J connectivity index is 1.74. The first kappa shape index (κ1) is 26.2. The van der Waals surface area contributed by atoms with E-state index in [1.807, 2.05) is 38.1 Å². The fraction of sp³-hybridized carbons (Fsp3) is 0.269. The molecule has 9 heteroatoms. The summed E-state index contributed by atoms with van der Waals surface area (Å²) in [5.74, 6) is -0.131. The number of rotatable bonds is 10. The molecule has 7 nitrogen and oxygen atoms in total. The number of benzene rings is 3. The number of anilines is 1. The van der Waals surface area contributed by atoms with Crippen LogP contribution in [0.4, 0.5) is 10.1 Å². The van der Waals surface area contributed by atoms with E-state index < -0.39 is 16.0 Å². The summed E-state index contributed by atoms with van der Waals surface area (Å²) in [6, 6.07) is 19.6. The number of carbonyl (C=O) groups is 1. The molecule has 3 rings (SSSR count). The number of hydrogen-bond acceptors (Lipinski definition) is 4. The zero-order valence-electron chi connectivity index (χ0n) is 20.2. The van der Waals surface area contributed by atoms with E-state index in [4.69, 9.17) is 4.74 Å². The van der Waals surface area contributed by atoms with Gasteiger partial charge in [0.2, 0.25) is 0 Å². The lowest BCUT2D eigenvalue weighted by atomic mass is 10.1. The second-order valence-electron chi connectivity index (χ2n) is 8.14. The summed E-state index contributed by atoms with van der Waals surface area (Å²) in [6.45, 7) is 4.30. The van der Waals surface area contributed by atoms with Gasteiger partial charge in [0.1, 0.15) is 11.6 Å². The van der Waals surface area contributed by atoms with Crippen molar-refractivity contribution in [1.29, 1.82) is 0 Å². The number of amides is 1. The molecule has 0 aliphatic heterocycles. The number of nitrogens with one attached hydrogen (secondary N) is 1. The van der Waals surface area contributed by atoms with Gasteiger partial charge in [0.25, 0.3) is 5.91 Å². The van der Waals surface area contributed by atoms with E-state index in [2.05, 4.69) is 5.32 Å². The average molecular weight is 500 g/mol. The molecule has 0 bridgehead atoms. The summed E-state index contributed by atoms with van der Waals surface area (Å²) < 4.78 is 47.7. The van der Waals surface area contributed by atoms with Crippen LogP contribution in [-0.4, -0.2) is 39.3 Å². The van der Waals surface area contributed by atoms with Gasteiger partial charge in [0.15, 0.2) is 0 Å². The molecule has 0 radical (unpaired) electrons. The quantitative estimate of drug-likeness (QED) is 0.445. The van der Waals surface area contributed by atoms with Gasteiger partial charge < -0.3 is 10.1 Å². The summed E-state index contributed by atoms with van der Waals surface area (Å²) in [5, 5.41) is 2.95. The van der Waals surface area contributed by atoms with Gasteiger partial charge in [-0.2, -0.15) is 12.7 Å². The van der Waals surface area contributed by atoms with Gasteiger partial charge in [-0.1, -0.05) is 36.4 Å². The molecule has 0 fully saturated rings. The molecule has 0 saturated carbocycles. The van der Waals surface area contributed by atoms with Crippen LogP contribution in [0.3, 0.4) is 0 Å². The van der Waals surface area contributed by atoms with E-state index in [-0.39, 0.29) is 24.2 Å². The maximum absolute atomic E-state index is 14.4. The maximum atomic E-state index is 14.4. The van der Waals surface area contributed by atoms with Crippen LogP contribution in [-0.2, 0) is 16.8 Å². The van der Waals surface area contributed by atoms with Crippen LogP contribution in [0.2, 0.25) is 0 Å². The minimum atomic E-state index is -3.95. The Morgan fingerprint density at radius 1 is 1.00 bits per heavy atom. The molecule has 3 aromatic carbocycles. The van der Waals surface area contributed by atoms with Gasteiger partial charge >= 0.3 is 10.2 Å². The molecule has 1 atom stereocenters. The Kier molecular flexibility index (Phi) is 8.48. The van der Waals surface area contributed by atoms with E-state index in [0.29, 0.717) is 17.7 Å². The molecule has 0 aromatic heterocycles. The zero-order valence-corrected chi connectivity index (χ0v) is 21.0. The van der Waals surface area contributed by atoms with Crippen molar-refractivity contribution in [2.45, 2.75) is 26.4 Å². The fourth-order valence-electron chi connectivity index (χ4n) is 3.45. The van der Waals surface area contributed by atoms with E-state index in [9.17, 15) is 17.6 Å². The van der Waals surface area contributed by atoms with Crippen LogP contribution in [0.5, 0.6) is 5.75 Å². The van der Waals surface area contributed by atoms with Crippen LogP contribution in [0.25, 0.3) is 0 Å². The molecule has 35 heavy (non-hydrogen) atoms. The van der Waals surface area contributed by atoms with Gasteiger partial charge in [-0.3, -0.25) is 9.10 Å². The lowest BCUT2D eigenvalue weighted by Crippen LogP contribution is -2.40. The number of halogens is 1. The first-order chi connectivity index (χ1) is 16.6. The highest BCUT2D eigenvalue weighted by atomic mass is 32.2. The minimum Gasteiger partial charge on any atom is -0.494 e. The highest BCUT2D eigenvalue weighted by molar-refractivity contribution is 7.90. The molecule has 0 aliphatic carbocycles. The Morgan fingerprint density at radius 2 is 1.63 bits per heavy atom. The molecule has 0 aliphatic rings. The predicted octanol–water partition coefficient (Wildman–Crippen LogP) is 4.53. The van der Waals surface area contributed by atoms with Gasteiger partial charge in [0.05, 0.1) is 24.9 Å². The lowest BCUT2D eigenvalue weighted by molar-refractivity contribution is 0.0940. The molecule has 1 N–H and O–H groups in total. The second-order valence-corrected chi connectivity index (χ2v) is 10.2. The van der Waals surface area contributed by atoms with Crippen LogP contribution in [0.15, 0.2) is 72.8 Å². The smallest absolute Gasteiger partial charge is 0.303 e. The third kappa shape index (κ3) is 6.37. The van der Waals surface area contributed by atoms with Crippen LogP contribution >= 0.6 is 0 Å². The average Bonchev–Trinajstić information content (AvgIpc) is 2.84. The fourth-order valence-corrected chi connectivity index (χ4v) is 4.56. The molecular formula is C26H30FN3O4S. The van der Waals surface area contributed by atoms with Crippen molar-refractivity contribution in [3.05, 3.63) is 95.3 Å². The lowest BCUT2D eigenvalue weighted by Gasteiger charge is -2.27. The van der Waals surface area contributed by atoms with Crippen LogP contribution < -0.4 is 14.4 Å². The standard InChI is InChI=1S/C26H30FN3O4S/c1-5-34-23-16-14-21(15-17-23)19(2)28-26(31)22-12-10-20(11-13-22)18-30(35(32,33)29(3)4)25-9-7-6-8-24(25)27/h6-17,19H,5,18H2,1-4H3,(H,28,31). The monoisotopic (exact) mass is 499 g/mol. The summed E-state index contributed by atoms with van der Waals surface area (Å²) in [4.78, 5) is 12.7. The number of carbonyl (C=O) groups excluding carboxylic acids is 1.